The summed E-state index contributed by atoms with van der Waals surface area (Å²) in [5, 5.41) is 2.92. The average molecular weight is 362 g/mol. The van der Waals surface area contributed by atoms with Crippen molar-refractivity contribution in [1.82, 2.24) is 10.2 Å². The molecular weight excluding hydrogens is 335 g/mol. The summed E-state index contributed by atoms with van der Waals surface area (Å²) in [5.41, 5.74) is 0.714. The van der Waals surface area contributed by atoms with Crippen LogP contribution >= 0.6 is 0 Å². The molecule has 2 fully saturated rings. The molecule has 2 aliphatic heterocycles. The van der Waals surface area contributed by atoms with E-state index in [4.69, 9.17) is 4.74 Å². The number of nitrogens with one attached hydrogen (secondary N) is 1. The lowest BCUT2D eigenvalue weighted by Gasteiger charge is -2.46. The Balaban J connectivity index is 1.46. The Bertz CT molecular complexity index is 639. The van der Waals surface area contributed by atoms with Crippen LogP contribution in [-0.4, -0.2) is 42.0 Å². The van der Waals surface area contributed by atoms with Crippen LogP contribution in [0.15, 0.2) is 24.3 Å². The number of carbonyl (C=O) groups is 2. The number of ether oxygens (including phenoxy) is 1. The fraction of sp³-hybridized carbons (Fsp3) is 0.600. The van der Waals surface area contributed by atoms with E-state index in [0.717, 1.165) is 44.3 Å². The summed E-state index contributed by atoms with van der Waals surface area (Å²) in [6.45, 7) is 4.17. The topological polar surface area (TPSA) is 58.6 Å². The Morgan fingerprint density at radius 1 is 1.27 bits per heavy atom. The zero-order valence-corrected chi connectivity index (χ0v) is 15.3. The van der Waals surface area contributed by atoms with Gasteiger partial charge in [0.2, 0.25) is 11.8 Å². The molecule has 0 radical (unpaired) electrons. The standard InChI is InChI=1S/C20H27FN2O3/c1-15(24)23-9-7-20(8-10-23)13-17(6-11-26-20)12-19(25)22-14-16-2-4-18(21)5-3-16/h2-5,17H,6-14H2,1H3,(H,22,25). The van der Waals surface area contributed by atoms with Gasteiger partial charge in [0.05, 0.1) is 5.60 Å². The molecule has 1 atom stereocenters. The van der Waals surface area contributed by atoms with Crippen LogP contribution in [0.3, 0.4) is 0 Å². The predicted molar refractivity (Wildman–Crippen MR) is 95.8 cm³/mol. The van der Waals surface area contributed by atoms with Crippen molar-refractivity contribution in [1.29, 1.82) is 0 Å². The quantitative estimate of drug-likeness (QED) is 0.896. The first-order valence-corrected chi connectivity index (χ1v) is 9.36. The molecule has 1 N–H and O–H groups in total. The van der Waals surface area contributed by atoms with Crippen LogP contribution in [-0.2, 0) is 20.9 Å². The molecule has 1 unspecified atom stereocenters. The highest BCUT2D eigenvalue weighted by molar-refractivity contribution is 5.76. The van der Waals surface area contributed by atoms with Gasteiger partial charge in [0.25, 0.3) is 0 Å². The molecule has 0 aliphatic carbocycles. The summed E-state index contributed by atoms with van der Waals surface area (Å²) >= 11 is 0. The van der Waals surface area contributed by atoms with Crippen LogP contribution in [0.4, 0.5) is 4.39 Å². The van der Waals surface area contributed by atoms with Gasteiger partial charge in [-0.2, -0.15) is 0 Å². The molecule has 1 aromatic rings. The van der Waals surface area contributed by atoms with Crippen molar-refractivity contribution >= 4 is 11.8 Å². The number of piperidine rings is 1. The molecule has 0 bridgehead atoms. The van der Waals surface area contributed by atoms with Crippen molar-refractivity contribution in [2.24, 2.45) is 5.92 Å². The summed E-state index contributed by atoms with van der Waals surface area (Å²) in [7, 11) is 0. The van der Waals surface area contributed by atoms with E-state index in [0.29, 0.717) is 25.5 Å². The molecule has 2 saturated heterocycles. The van der Waals surface area contributed by atoms with E-state index in [-0.39, 0.29) is 23.2 Å². The van der Waals surface area contributed by atoms with Crippen LogP contribution in [0.1, 0.15) is 44.6 Å². The number of likely N-dealkylation sites (tertiary alicyclic amines) is 1. The summed E-state index contributed by atoms with van der Waals surface area (Å²) in [6.07, 6.45) is 3.95. The zero-order chi connectivity index (χ0) is 18.6. The SMILES string of the molecule is CC(=O)N1CCC2(CC1)CC(CC(=O)NCc1ccc(F)cc1)CCO2. The van der Waals surface area contributed by atoms with Crippen molar-refractivity contribution in [3.05, 3.63) is 35.6 Å². The van der Waals surface area contributed by atoms with E-state index < -0.39 is 0 Å². The molecule has 2 heterocycles. The van der Waals surface area contributed by atoms with E-state index in [2.05, 4.69) is 5.32 Å². The number of carbonyl (C=O) groups excluding carboxylic acids is 2. The molecule has 1 spiro atoms. The Hall–Kier alpha value is -1.95. The number of benzene rings is 1. The highest BCUT2D eigenvalue weighted by Crippen LogP contribution is 2.38. The van der Waals surface area contributed by atoms with Crippen molar-refractivity contribution in [3.8, 4) is 0 Å². The van der Waals surface area contributed by atoms with Crippen LogP contribution in [0.25, 0.3) is 0 Å². The molecule has 2 aliphatic rings. The van der Waals surface area contributed by atoms with Crippen LogP contribution < -0.4 is 5.32 Å². The van der Waals surface area contributed by atoms with Crippen molar-refractivity contribution in [2.45, 2.75) is 51.2 Å². The minimum atomic E-state index is -0.275. The van der Waals surface area contributed by atoms with E-state index in [9.17, 15) is 14.0 Å². The van der Waals surface area contributed by atoms with E-state index in [1.54, 1.807) is 19.1 Å². The largest absolute Gasteiger partial charge is 0.375 e. The monoisotopic (exact) mass is 362 g/mol. The first-order valence-electron chi connectivity index (χ1n) is 9.36. The zero-order valence-electron chi connectivity index (χ0n) is 15.3. The van der Waals surface area contributed by atoms with Gasteiger partial charge in [0.1, 0.15) is 5.82 Å². The van der Waals surface area contributed by atoms with Gasteiger partial charge in [0, 0.05) is 39.6 Å². The van der Waals surface area contributed by atoms with Gasteiger partial charge >= 0.3 is 0 Å². The second-order valence-electron chi connectivity index (χ2n) is 7.50. The van der Waals surface area contributed by atoms with Crippen LogP contribution in [0, 0.1) is 11.7 Å². The Kier molecular flexibility index (Phi) is 5.91. The minimum Gasteiger partial charge on any atom is -0.375 e. The van der Waals surface area contributed by atoms with Crippen molar-refractivity contribution < 1.29 is 18.7 Å². The Morgan fingerprint density at radius 3 is 2.62 bits per heavy atom. The number of hydrogen-bond acceptors (Lipinski definition) is 3. The maximum absolute atomic E-state index is 12.9. The lowest BCUT2D eigenvalue weighted by Crippen LogP contribution is -2.50. The molecule has 142 valence electrons. The fourth-order valence-corrected chi connectivity index (χ4v) is 4.02. The summed E-state index contributed by atoms with van der Waals surface area (Å²) < 4.78 is 19.0. The maximum atomic E-state index is 12.9. The molecule has 0 aromatic heterocycles. The normalized spacial score (nSPS) is 22.2. The molecule has 6 heteroatoms. The number of rotatable bonds is 4. The first kappa shape index (κ1) is 18.8. The number of hydrogen-bond donors (Lipinski definition) is 1. The summed E-state index contributed by atoms with van der Waals surface area (Å²) in [4.78, 5) is 25.7. The second kappa shape index (κ2) is 8.16. The maximum Gasteiger partial charge on any atom is 0.220 e. The lowest BCUT2D eigenvalue weighted by molar-refractivity contribution is -0.147. The molecule has 26 heavy (non-hydrogen) atoms. The van der Waals surface area contributed by atoms with Gasteiger partial charge in [-0.15, -0.1) is 0 Å². The minimum absolute atomic E-state index is 0.0255. The van der Waals surface area contributed by atoms with Crippen molar-refractivity contribution in [2.75, 3.05) is 19.7 Å². The Morgan fingerprint density at radius 2 is 1.96 bits per heavy atom. The second-order valence-corrected chi connectivity index (χ2v) is 7.50. The van der Waals surface area contributed by atoms with Gasteiger partial charge in [-0.3, -0.25) is 9.59 Å². The predicted octanol–water partition coefficient (Wildman–Crippen LogP) is 2.64. The summed E-state index contributed by atoms with van der Waals surface area (Å²) in [6, 6.07) is 6.16. The summed E-state index contributed by atoms with van der Waals surface area (Å²) in [5.74, 6) is 0.175. The van der Waals surface area contributed by atoms with Crippen molar-refractivity contribution in [3.63, 3.8) is 0 Å². The van der Waals surface area contributed by atoms with Gasteiger partial charge < -0.3 is 15.0 Å². The van der Waals surface area contributed by atoms with Gasteiger partial charge in [-0.1, -0.05) is 12.1 Å². The molecule has 2 amide bonds. The molecule has 3 rings (SSSR count). The molecule has 1 aromatic carbocycles. The Labute approximate surface area is 153 Å². The third kappa shape index (κ3) is 4.81. The lowest BCUT2D eigenvalue weighted by atomic mass is 9.78. The number of amides is 2. The van der Waals surface area contributed by atoms with Gasteiger partial charge in [-0.05, 0) is 49.3 Å². The van der Waals surface area contributed by atoms with Crippen LogP contribution in [0.5, 0.6) is 0 Å². The van der Waals surface area contributed by atoms with E-state index in [1.807, 2.05) is 4.90 Å². The third-order valence-electron chi connectivity index (χ3n) is 5.59. The third-order valence-corrected chi connectivity index (χ3v) is 5.59. The highest BCUT2D eigenvalue weighted by Gasteiger charge is 2.41. The van der Waals surface area contributed by atoms with Crippen LogP contribution in [0.2, 0.25) is 0 Å². The first-order chi connectivity index (χ1) is 12.5. The number of halogens is 1. The molecule has 5 nitrogen and oxygen atoms in total. The molecule has 0 saturated carbocycles. The fourth-order valence-electron chi connectivity index (χ4n) is 4.02. The highest BCUT2D eigenvalue weighted by atomic mass is 19.1. The van der Waals surface area contributed by atoms with E-state index in [1.165, 1.54) is 12.1 Å². The smallest absolute Gasteiger partial charge is 0.220 e. The van der Waals surface area contributed by atoms with Gasteiger partial charge in [0.15, 0.2) is 0 Å². The average Bonchev–Trinajstić information content (AvgIpc) is 2.62. The molecular formula is C20H27FN2O3. The van der Waals surface area contributed by atoms with Gasteiger partial charge in [-0.25, -0.2) is 4.39 Å². The van der Waals surface area contributed by atoms with E-state index >= 15 is 0 Å². The number of nitrogens with zero attached hydrogens (tertiary/aromatic N) is 1.